The van der Waals surface area contributed by atoms with Gasteiger partial charge >= 0.3 is 0 Å². The monoisotopic (exact) mass is 202 g/mol. The van der Waals surface area contributed by atoms with Crippen molar-refractivity contribution in [2.24, 2.45) is 5.73 Å². The number of rotatable bonds is 4. The second-order valence-corrected chi connectivity index (χ2v) is 3.54. The molecule has 0 bridgehead atoms. The van der Waals surface area contributed by atoms with Crippen molar-refractivity contribution in [3.8, 4) is 0 Å². The zero-order chi connectivity index (χ0) is 10.6. The van der Waals surface area contributed by atoms with Crippen LogP contribution < -0.4 is 5.73 Å². The SMILES string of the molecule is CN(CCO)C(=O)C1CCC(CN)O1. The molecule has 0 aromatic carbocycles. The van der Waals surface area contributed by atoms with Gasteiger partial charge in [-0.1, -0.05) is 0 Å². The molecule has 0 aromatic rings. The molecule has 14 heavy (non-hydrogen) atoms. The van der Waals surface area contributed by atoms with Crippen LogP contribution in [0.25, 0.3) is 0 Å². The molecule has 5 heteroatoms. The Hall–Kier alpha value is -0.650. The average molecular weight is 202 g/mol. The maximum Gasteiger partial charge on any atom is 0.251 e. The lowest BCUT2D eigenvalue weighted by Gasteiger charge is -2.20. The Kier molecular flexibility index (Phi) is 4.31. The van der Waals surface area contributed by atoms with E-state index in [1.54, 1.807) is 7.05 Å². The smallest absolute Gasteiger partial charge is 0.251 e. The largest absolute Gasteiger partial charge is 0.395 e. The van der Waals surface area contributed by atoms with Gasteiger partial charge in [0.05, 0.1) is 12.7 Å². The van der Waals surface area contributed by atoms with E-state index in [4.69, 9.17) is 15.6 Å². The van der Waals surface area contributed by atoms with Gasteiger partial charge in [0, 0.05) is 20.1 Å². The summed E-state index contributed by atoms with van der Waals surface area (Å²) >= 11 is 0. The van der Waals surface area contributed by atoms with E-state index in [-0.39, 0.29) is 24.7 Å². The van der Waals surface area contributed by atoms with Crippen LogP contribution in [0.1, 0.15) is 12.8 Å². The van der Waals surface area contributed by atoms with Crippen LogP contribution in [0.4, 0.5) is 0 Å². The van der Waals surface area contributed by atoms with E-state index in [0.29, 0.717) is 13.1 Å². The molecule has 2 unspecified atom stereocenters. The summed E-state index contributed by atoms with van der Waals surface area (Å²) in [6.07, 6.45) is 1.24. The van der Waals surface area contributed by atoms with Crippen LogP contribution in [0, 0.1) is 0 Å². The van der Waals surface area contributed by atoms with E-state index in [2.05, 4.69) is 0 Å². The van der Waals surface area contributed by atoms with Gasteiger partial charge in [-0.2, -0.15) is 0 Å². The number of nitrogens with zero attached hydrogens (tertiary/aromatic N) is 1. The van der Waals surface area contributed by atoms with Gasteiger partial charge in [-0.25, -0.2) is 0 Å². The number of carbonyl (C=O) groups excluding carboxylic acids is 1. The van der Waals surface area contributed by atoms with Crippen LogP contribution >= 0.6 is 0 Å². The minimum Gasteiger partial charge on any atom is -0.395 e. The first-order valence-electron chi connectivity index (χ1n) is 4.90. The van der Waals surface area contributed by atoms with Gasteiger partial charge in [-0.3, -0.25) is 4.79 Å². The number of aliphatic hydroxyl groups is 1. The number of ether oxygens (including phenoxy) is 1. The highest BCUT2D eigenvalue weighted by Crippen LogP contribution is 2.20. The molecule has 1 rings (SSSR count). The normalized spacial score (nSPS) is 26.5. The van der Waals surface area contributed by atoms with Gasteiger partial charge in [0.25, 0.3) is 5.91 Å². The third-order valence-electron chi connectivity index (χ3n) is 2.46. The van der Waals surface area contributed by atoms with Crippen molar-refractivity contribution in [3.63, 3.8) is 0 Å². The molecule has 0 aliphatic carbocycles. The summed E-state index contributed by atoms with van der Waals surface area (Å²) in [6.45, 7) is 0.800. The molecule has 82 valence electrons. The molecule has 0 saturated carbocycles. The second-order valence-electron chi connectivity index (χ2n) is 3.54. The second kappa shape index (κ2) is 5.29. The molecular formula is C9H18N2O3. The number of likely N-dealkylation sites (N-methyl/N-ethyl adjacent to an activating group) is 1. The molecule has 1 aliphatic heterocycles. The fourth-order valence-corrected chi connectivity index (χ4v) is 1.57. The Morgan fingerprint density at radius 2 is 2.36 bits per heavy atom. The molecule has 1 amide bonds. The number of hydrogen-bond donors (Lipinski definition) is 2. The summed E-state index contributed by atoms with van der Waals surface area (Å²) in [5, 5.41) is 8.67. The van der Waals surface area contributed by atoms with Crippen molar-refractivity contribution in [1.29, 1.82) is 0 Å². The minimum atomic E-state index is -0.361. The van der Waals surface area contributed by atoms with E-state index in [1.807, 2.05) is 0 Å². The van der Waals surface area contributed by atoms with Crippen LogP contribution in [0.5, 0.6) is 0 Å². The van der Waals surface area contributed by atoms with Crippen molar-refractivity contribution in [1.82, 2.24) is 4.90 Å². The highest BCUT2D eigenvalue weighted by Gasteiger charge is 2.31. The van der Waals surface area contributed by atoms with Crippen molar-refractivity contribution >= 4 is 5.91 Å². The standard InChI is InChI=1S/C9H18N2O3/c1-11(4-5-12)9(13)8-3-2-7(6-10)14-8/h7-8,12H,2-6,10H2,1H3. The Labute approximate surface area is 83.8 Å². The summed E-state index contributed by atoms with van der Waals surface area (Å²) in [7, 11) is 1.66. The van der Waals surface area contributed by atoms with Gasteiger partial charge in [-0.05, 0) is 12.8 Å². The number of aliphatic hydroxyl groups excluding tert-OH is 1. The summed E-state index contributed by atoms with van der Waals surface area (Å²) < 4.78 is 5.44. The maximum atomic E-state index is 11.6. The lowest BCUT2D eigenvalue weighted by Crippen LogP contribution is -2.38. The minimum absolute atomic E-state index is 0.0186. The molecule has 1 aliphatic rings. The molecule has 5 nitrogen and oxygen atoms in total. The summed E-state index contributed by atoms with van der Waals surface area (Å²) in [5.74, 6) is -0.0602. The Morgan fingerprint density at radius 1 is 1.64 bits per heavy atom. The first-order chi connectivity index (χ1) is 6.69. The predicted molar refractivity (Wildman–Crippen MR) is 51.7 cm³/mol. The number of hydrogen-bond acceptors (Lipinski definition) is 4. The number of carbonyl (C=O) groups is 1. The highest BCUT2D eigenvalue weighted by atomic mass is 16.5. The van der Waals surface area contributed by atoms with E-state index in [9.17, 15) is 4.79 Å². The zero-order valence-electron chi connectivity index (χ0n) is 8.48. The lowest BCUT2D eigenvalue weighted by atomic mass is 10.2. The van der Waals surface area contributed by atoms with Crippen LogP contribution in [0.2, 0.25) is 0 Å². The zero-order valence-corrected chi connectivity index (χ0v) is 8.48. The molecule has 0 radical (unpaired) electrons. The van der Waals surface area contributed by atoms with Gasteiger partial charge in [-0.15, -0.1) is 0 Å². The molecule has 3 N–H and O–H groups in total. The molecule has 0 spiro atoms. The van der Waals surface area contributed by atoms with Crippen LogP contribution in [-0.4, -0.2) is 54.9 Å². The fourth-order valence-electron chi connectivity index (χ4n) is 1.57. The average Bonchev–Trinajstić information content (AvgIpc) is 2.65. The van der Waals surface area contributed by atoms with Gasteiger partial charge < -0.3 is 20.5 Å². The van der Waals surface area contributed by atoms with E-state index < -0.39 is 0 Å². The number of nitrogens with two attached hydrogens (primary N) is 1. The predicted octanol–water partition coefficient (Wildman–Crippen LogP) is -1.06. The molecule has 1 saturated heterocycles. The highest BCUT2D eigenvalue weighted by molar-refractivity contribution is 5.80. The van der Waals surface area contributed by atoms with Crippen molar-refractivity contribution in [2.75, 3.05) is 26.7 Å². The lowest BCUT2D eigenvalue weighted by molar-refractivity contribution is -0.141. The summed E-state index contributed by atoms with van der Waals surface area (Å²) in [6, 6.07) is 0. The third kappa shape index (κ3) is 2.67. The van der Waals surface area contributed by atoms with Crippen LogP contribution in [0.15, 0.2) is 0 Å². The Balaban J connectivity index is 2.38. The molecule has 1 fully saturated rings. The quantitative estimate of drug-likeness (QED) is 0.609. The first-order valence-corrected chi connectivity index (χ1v) is 4.90. The molecule has 1 heterocycles. The first kappa shape index (κ1) is 11.4. The van der Waals surface area contributed by atoms with Crippen LogP contribution in [0.3, 0.4) is 0 Å². The van der Waals surface area contributed by atoms with Gasteiger partial charge in [0.15, 0.2) is 0 Å². The molecular weight excluding hydrogens is 184 g/mol. The summed E-state index contributed by atoms with van der Waals surface area (Å²) in [4.78, 5) is 13.1. The topological polar surface area (TPSA) is 75.8 Å². The summed E-state index contributed by atoms with van der Waals surface area (Å²) in [5.41, 5.74) is 5.44. The van der Waals surface area contributed by atoms with Crippen LogP contribution in [-0.2, 0) is 9.53 Å². The van der Waals surface area contributed by atoms with Crippen molar-refractivity contribution < 1.29 is 14.6 Å². The van der Waals surface area contributed by atoms with Gasteiger partial charge in [0.2, 0.25) is 0 Å². The molecule has 2 atom stereocenters. The van der Waals surface area contributed by atoms with E-state index >= 15 is 0 Å². The molecule has 0 aromatic heterocycles. The third-order valence-corrected chi connectivity index (χ3v) is 2.46. The van der Waals surface area contributed by atoms with Crippen molar-refractivity contribution in [3.05, 3.63) is 0 Å². The van der Waals surface area contributed by atoms with E-state index in [1.165, 1.54) is 4.90 Å². The van der Waals surface area contributed by atoms with E-state index in [0.717, 1.165) is 12.8 Å². The number of amides is 1. The van der Waals surface area contributed by atoms with Crippen molar-refractivity contribution in [2.45, 2.75) is 25.0 Å². The Bertz CT molecular complexity index is 198. The fraction of sp³-hybridized carbons (Fsp3) is 0.889. The Morgan fingerprint density at radius 3 is 2.86 bits per heavy atom. The van der Waals surface area contributed by atoms with Gasteiger partial charge in [0.1, 0.15) is 6.10 Å². The maximum absolute atomic E-state index is 11.6.